The van der Waals surface area contributed by atoms with Crippen LogP contribution in [0.15, 0.2) is 53.4 Å². The summed E-state index contributed by atoms with van der Waals surface area (Å²) in [5.74, 6) is 0. The predicted octanol–water partition coefficient (Wildman–Crippen LogP) is 2.31. The highest BCUT2D eigenvalue weighted by Crippen LogP contribution is 2.12. The van der Waals surface area contributed by atoms with Gasteiger partial charge in [-0.05, 0) is 41.8 Å². The molecule has 2 aromatic carbocycles. The molecule has 0 aliphatic carbocycles. The number of hydrogen-bond donors (Lipinski definition) is 2. The van der Waals surface area contributed by atoms with Crippen molar-refractivity contribution in [1.29, 1.82) is 0 Å². The molecule has 2 rings (SSSR count). The van der Waals surface area contributed by atoms with Gasteiger partial charge >= 0.3 is 0 Å². The number of sulfonamides is 1. The van der Waals surface area contributed by atoms with Crippen LogP contribution in [-0.4, -0.2) is 8.42 Å². The first-order valence-corrected chi connectivity index (χ1v) is 7.92. The maximum Gasteiger partial charge on any atom is 0.240 e. The van der Waals surface area contributed by atoms with Crippen molar-refractivity contribution in [2.45, 2.75) is 24.8 Å². The minimum absolute atomic E-state index is 0.248. The van der Waals surface area contributed by atoms with Gasteiger partial charge in [-0.15, -0.1) is 0 Å². The second kappa shape index (κ2) is 6.07. The Kier molecular flexibility index (Phi) is 4.42. The number of anilines is 1. The Morgan fingerprint density at radius 2 is 1.50 bits per heavy atom. The second-order valence-corrected chi connectivity index (χ2v) is 6.33. The molecule has 0 aromatic heterocycles. The van der Waals surface area contributed by atoms with Crippen LogP contribution in [0.2, 0.25) is 0 Å². The summed E-state index contributed by atoms with van der Waals surface area (Å²) in [6.07, 6.45) is 0.888. The Balaban J connectivity index is 2.08. The van der Waals surface area contributed by atoms with E-state index in [0.29, 0.717) is 5.69 Å². The summed E-state index contributed by atoms with van der Waals surface area (Å²) in [5.41, 5.74) is 8.23. The number of rotatable bonds is 5. The zero-order chi connectivity index (χ0) is 14.6. The standard InChI is InChI=1S/C15H18N2O2S/c1-2-12-5-9-15(10-6-12)20(18,19)17-11-13-3-7-14(16)8-4-13/h3-10,17H,2,11,16H2,1H3. The molecule has 0 bridgehead atoms. The third kappa shape index (κ3) is 3.59. The van der Waals surface area contributed by atoms with Gasteiger partial charge in [0.2, 0.25) is 10.0 Å². The maximum absolute atomic E-state index is 12.1. The van der Waals surface area contributed by atoms with Crippen LogP contribution in [0.5, 0.6) is 0 Å². The van der Waals surface area contributed by atoms with Gasteiger partial charge in [-0.3, -0.25) is 0 Å². The Morgan fingerprint density at radius 1 is 0.950 bits per heavy atom. The first-order valence-electron chi connectivity index (χ1n) is 6.44. The normalized spacial score (nSPS) is 11.4. The van der Waals surface area contributed by atoms with Gasteiger partial charge in [0.1, 0.15) is 0 Å². The SMILES string of the molecule is CCc1ccc(S(=O)(=O)NCc2ccc(N)cc2)cc1. The molecular weight excluding hydrogens is 272 g/mol. The number of benzene rings is 2. The van der Waals surface area contributed by atoms with Crippen LogP contribution >= 0.6 is 0 Å². The van der Waals surface area contributed by atoms with Gasteiger partial charge in [0.25, 0.3) is 0 Å². The molecule has 0 spiro atoms. The summed E-state index contributed by atoms with van der Waals surface area (Å²) in [4.78, 5) is 0.283. The fraction of sp³-hybridized carbons (Fsp3) is 0.200. The molecule has 4 nitrogen and oxygen atoms in total. The first kappa shape index (κ1) is 14.6. The topological polar surface area (TPSA) is 72.2 Å². The lowest BCUT2D eigenvalue weighted by Gasteiger charge is -2.07. The van der Waals surface area contributed by atoms with Gasteiger partial charge in [-0.1, -0.05) is 31.2 Å². The summed E-state index contributed by atoms with van der Waals surface area (Å²) < 4.78 is 26.9. The lowest BCUT2D eigenvalue weighted by molar-refractivity contribution is 0.581. The van der Waals surface area contributed by atoms with Crippen molar-refractivity contribution in [3.8, 4) is 0 Å². The van der Waals surface area contributed by atoms with Crippen LogP contribution in [0.4, 0.5) is 5.69 Å². The molecule has 3 N–H and O–H groups in total. The van der Waals surface area contributed by atoms with Crippen LogP contribution in [0.25, 0.3) is 0 Å². The van der Waals surface area contributed by atoms with Crippen LogP contribution in [0.1, 0.15) is 18.1 Å². The van der Waals surface area contributed by atoms with Crippen molar-refractivity contribution in [3.63, 3.8) is 0 Å². The molecule has 0 saturated carbocycles. The smallest absolute Gasteiger partial charge is 0.240 e. The molecule has 5 heteroatoms. The number of aryl methyl sites for hydroxylation is 1. The lowest BCUT2D eigenvalue weighted by Crippen LogP contribution is -2.23. The number of nitrogens with two attached hydrogens (primary N) is 1. The van der Waals surface area contributed by atoms with E-state index in [1.54, 1.807) is 36.4 Å². The molecule has 106 valence electrons. The van der Waals surface area contributed by atoms with Crippen molar-refractivity contribution in [1.82, 2.24) is 4.72 Å². The average molecular weight is 290 g/mol. The van der Waals surface area contributed by atoms with E-state index in [1.165, 1.54) is 0 Å². The molecule has 0 heterocycles. The Morgan fingerprint density at radius 3 is 2.05 bits per heavy atom. The first-order chi connectivity index (χ1) is 9.51. The molecule has 0 amide bonds. The monoisotopic (exact) mass is 290 g/mol. The number of nitrogens with one attached hydrogen (secondary N) is 1. The molecular formula is C15H18N2O2S. The van der Waals surface area contributed by atoms with Crippen LogP contribution < -0.4 is 10.5 Å². The Hall–Kier alpha value is -1.85. The predicted molar refractivity (Wildman–Crippen MR) is 80.7 cm³/mol. The van der Waals surface area contributed by atoms with E-state index in [4.69, 9.17) is 5.73 Å². The molecule has 0 aliphatic rings. The van der Waals surface area contributed by atoms with E-state index >= 15 is 0 Å². The third-order valence-corrected chi connectivity index (χ3v) is 4.51. The zero-order valence-corrected chi connectivity index (χ0v) is 12.2. The quantitative estimate of drug-likeness (QED) is 0.830. The van der Waals surface area contributed by atoms with E-state index in [0.717, 1.165) is 17.5 Å². The molecule has 0 radical (unpaired) electrons. The van der Waals surface area contributed by atoms with Crippen molar-refractivity contribution in [3.05, 3.63) is 59.7 Å². The Bertz CT molecular complexity index is 662. The van der Waals surface area contributed by atoms with Crippen molar-refractivity contribution in [2.24, 2.45) is 0 Å². The number of nitrogen functional groups attached to an aromatic ring is 1. The Labute approximate surface area is 119 Å². The fourth-order valence-electron chi connectivity index (χ4n) is 1.80. The van der Waals surface area contributed by atoms with Crippen molar-refractivity contribution < 1.29 is 8.42 Å². The molecule has 0 aliphatic heterocycles. The summed E-state index contributed by atoms with van der Waals surface area (Å²) in [6.45, 7) is 2.28. The van der Waals surface area contributed by atoms with Gasteiger partial charge in [0, 0.05) is 12.2 Å². The maximum atomic E-state index is 12.1. The molecule has 0 fully saturated rings. The minimum atomic E-state index is -3.47. The lowest BCUT2D eigenvalue weighted by atomic mass is 10.2. The van der Waals surface area contributed by atoms with Crippen LogP contribution in [0, 0.1) is 0 Å². The molecule has 2 aromatic rings. The highest BCUT2D eigenvalue weighted by molar-refractivity contribution is 7.89. The molecule has 0 unspecified atom stereocenters. The number of hydrogen-bond acceptors (Lipinski definition) is 3. The molecule has 20 heavy (non-hydrogen) atoms. The largest absolute Gasteiger partial charge is 0.399 e. The van der Waals surface area contributed by atoms with Gasteiger partial charge < -0.3 is 5.73 Å². The average Bonchev–Trinajstić information content (AvgIpc) is 2.47. The summed E-state index contributed by atoms with van der Waals surface area (Å²) >= 11 is 0. The van der Waals surface area contributed by atoms with E-state index < -0.39 is 10.0 Å². The van der Waals surface area contributed by atoms with E-state index in [-0.39, 0.29) is 11.4 Å². The highest BCUT2D eigenvalue weighted by atomic mass is 32.2. The van der Waals surface area contributed by atoms with Crippen LogP contribution in [-0.2, 0) is 23.0 Å². The van der Waals surface area contributed by atoms with E-state index in [1.807, 2.05) is 19.1 Å². The zero-order valence-electron chi connectivity index (χ0n) is 11.3. The van der Waals surface area contributed by atoms with E-state index in [2.05, 4.69) is 4.72 Å². The van der Waals surface area contributed by atoms with Gasteiger partial charge in [-0.25, -0.2) is 13.1 Å². The highest BCUT2D eigenvalue weighted by Gasteiger charge is 2.13. The fourth-order valence-corrected chi connectivity index (χ4v) is 2.82. The summed E-state index contributed by atoms with van der Waals surface area (Å²) in [6, 6.07) is 14.0. The summed E-state index contributed by atoms with van der Waals surface area (Å²) in [7, 11) is -3.47. The van der Waals surface area contributed by atoms with Crippen LogP contribution in [0.3, 0.4) is 0 Å². The van der Waals surface area contributed by atoms with Gasteiger partial charge in [0.05, 0.1) is 4.90 Å². The van der Waals surface area contributed by atoms with Gasteiger partial charge in [-0.2, -0.15) is 0 Å². The molecule has 0 saturated heterocycles. The van der Waals surface area contributed by atoms with Gasteiger partial charge in [0.15, 0.2) is 0 Å². The third-order valence-electron chi connectivity index (χ3n) is 3.09. The van der Waals surface area contributed by atoms with Crippen molar-refractivity contribution in [2.75, 3.05) is 5.73 Å². The second-order valence-electron chi connectivity index (χ2n) is 4.56. The van der Waals surface area contributed by atoms with Crippen molar-refractivity contribution >= 4 is 15.7 Å². The minimum Gasteiger partial charge on any atom is -0.399 e. The summed E-state index contributed by atoms with van der Waals surface area (Å²) in [5, 5.41) is 0. The molecule has 0 atom stereocenters. The van der Waals surface area contributed by atoms with E-state index in [9.17, 15) is 8.42 Å².